The second-order valence-electron chi connectivity index (χ2n) is 4.84. The highest BCUT2D eigenvalue weighted by atomic mass is 16.5. The average Bonchev–Trinajstić information content (AvgIpc) is 2.59. The van der Waals surface area contributed by atoms with E-state index in [1.165, 1.54) is 5.69 Å². The van der Waals surface area contributed by atoms with Crippen LogP contribution in [0.4, 0.5) is 11.4 Å². The Bertz CT molecular complexity index is 697. The normalized spacial score (nSPS) is 10.2. The van der Waals surface area contributed by atoms with Crippen LogP contribution in [0.1, 0.15) is 6.92 Å². The lowest BCUT2D eigenvalue weighted by Crippen LogP contribution is -2.15. The molecule has 3 rings (SSSR count). The third-order valence-corrected chi connectivity index (χ3v) is 3.39. The van der Waals surface area contributed by atoms with Crippen molar-refractivity contribution in [1.29, 1.82) is 0 Å². The van der Waals surface area contributed by atoms with Crippen molar-refractivity contribution in [3.8, 4) is 11.6 Å². The number of hydrogen-bond acceptors (Lipinski definition) is 3. The van der Waals surface area contributed by atoms with Gasteiger partial charge in [0, 0.05) is 30.2 Å². The van der Waals surface area contributed by atoms with E-state index in [9.17, 15) is 0 Å². The Hall–Kier alpha value is -2.81. The second-order valence-corrected chi connectivity index (χ2v) is 4.84. The van der Waals surface area contributed by atoms with Crippen LogP contribution in [0.2, 0.25) is 0 Å². The third kappa shape index (κ3) is 3.26. The smallest absolute Gasteiger partial charge is 0.219 e. The van der Waals surface area contributed by atoms with Gasteiger partial charge in [-0.15, -0.1) is 0 Å². The Kier molecular flexibility index (Phi) is 4.35. The molecule has 0 radical (unpaired) electrons. The minimum atomic E-state index is 0.602. The van der Waals surface area contributed by atoms with E-state index in [-0.39, 0.29) is 0 Å². The van der Waals surface area contributed by atoms with Crippen molar-refractivity contribution in [2.45, 2.75) is 6.92 Å². The number of anilines is 2. The summed E-state index contributed by atoms with van der Waals surface area (Å²) in [5.41, 5.74) is 2.32. The number of pyridine rings is 1. The standard InChI is InChI=1S/C19H18N2O/c1-2-21(16-8-4-3-5-9-16)17-11-13-18(14-12-17)22-19-10-6-7-15-20-19/h3-15H,2H2,1H3. The molecule has 0 saturated heterocycles. The molecule has 3 heteroatoms. The fourth-order valence-electron chi connectivity index (χ4n) is 2.34. The molecule has 0 unspecified atom stereocenters. The minimum absolute atomic E-state index is 0.602. The van der Waals surface area contributed by atoms with Crippen molar-refractivity contribution in [2.75, 3.05) is 11.4 Å². The Morgan fingerprint density at radius 1 is 0.818 bits per heavy atom. The Morgan fingerprint density at radius 2 is 1.50 bits per heavy atom. The summed E-state index contributed by atoms with van der Waals surface area (Å²) < 4.78 is 5.72. The quantitative estimate of drug-likeness (QED) is 0.659. The van der Waals surface area contributed by atoms with Crippen LogP contribution in [0, 0.1) is 0 Å². The molecule has 0 spiro atoms. The number of rotatable bonds is 5. The highest BCUT2D eigenvalue weighted by Crippen LogP contribution is 2.28. The summed E-state index contributed by atoms with van der Waals surface area (Å²) in [5, 5.41) is 0. The van der Waals surface area contributed by atoms with E-state index in [2.05, 4.69) is 53.2 Å². The molecule has 3 nitrogen and oxygen atoms in total. The van der Waals surface area contributed by atoms with E-state index >= 15 is 0 Å². The molecule has 1 aromatic heterocycles. The lowest BCUT2D eigenvalue weighted by atomic mass is 10.2. The van der Waals surface area contributed by atoms with Gasteiger partial charge in [0.15, 0.2) is 0 Å². The number of nitrogens with zero attached hydrogens (tertiary/aromatic N) is 2. The van der Waals surface area contributed by atoms with Crippen LogP contribution in [-0.4, -0.2) is 11.5 Å². The molecule has 0 bridgehead atoms. The Balaban J connectivity index is 1.78. The van der Waals surface area contributed by atoms with Crippen molar-refractivity contribution in [3.63, 3.8) is 0 Å². The zero-order valence-electron chi connectivity index (χ0n) is 12.5. The molecule has 0 aliphatic carbocycles. The van der Waals surface area contributed by atoms with Crippen LogP contribution < -0.4 is 9.64 Å². The van der Waals surface area contributed by atoms with E-state index < -0.39 is 0 Å². The van der Waals surface area contributed by atoms with Crippen LogP contribution in [0.15, 0.2) is 79.0 Å². The molecular formula is C19H18N2O. The molecule has 0 N–H and O–H groups in total. The SMILES string of the molecule is CCN(c1ccccc1)c1ccc(Oc2ccccn2)cc1. The first-order valence-electron chi connectivity index (χ1n) is 7.38. The lowest BCUT2D eigenvalue weighted by Gasteiger charge is -2.23. The first kappa shape index (κ1) is 14.1. The third-order valence-electron chi connectivity index (χ3n) is 3.39. The van der Waals surface area contributed by atoms with Crippen molar-refractivity contribution in [3.05, 3.63) is 79.0 Å². The van der Waals surface area contributed by atoms with Crippen molar-refractivity contribution < 1.29 is 4.74 Å². The van der Waals surface area contributed by atoms with Gasteiger partial charge in [-0.05, 0) is 49.4 Å². The zero-order chi connectivity index (χ0) is 15.2. The zero-order valence-corrected chi connectivity index (χ0v) is 12.5. The first-order valence-corrected chi connectivity index (χ1v) is 7.38. The molecule has 22 heavy (non-hydrogen) atoms. The number of para-hydroxylation sites is 1. The van der Waals surface area contributed by atoms with E-state index in [4.69, 9.17) is 4.74 Å². The van der Waals surface area contributed by atoms with Crippen LogP contribution in [0.5, 0.6) is 11.6 Å². The second kappa shape index (κ2) is 6.76. The average molecular weight is 290 g/mol. The predicted octanol–water partition coefficient (Wildman–Crippen LogP) is 5.03. The fourth-order valence-corrected chi connectivity index (χ4v) is 2.34. The summed E-state index contributed by atoms with van der Waals surface area (Å²) in [6.07, 6.45) is 1.72. The number of hydrogen-bond donors (Lipinski definition) is 0. The van der Waals surface area contributed by atoms with Crippen molar-refractivity contribution in [2.24, 2.45) is 0 Å². The molecule has 110 valence electrons. The topological polar surface area (TPSA) is 25.4 Å². The molecule has 0 amide bonds. The van der Waals surface area contributed by atoms with Gasteiger partial charge in [-0.25, -0.2) is 4.98 Å². The minimum Gasteiger partial charge on any atom is -0.439 e. The maximum Gasteiger partial charge on any atom is 0.219 e. The fraction of sp³-hybridized carbons (Fsp3) is 0.105. The molecule has 0 saturated carbocycles. The molecule has 0 fully saturated rings. The first-order chi connectivity index (χ1) is 10.9. The van der Waals surface area contributed by atoms with Gasteiger partial charge in [-0.1, -0.05) is 24.3 Å². The maximum absolute atomic E-state index is 5.72. The summed E-state index contributed by atoms with van der Waals surface area (Å²) in [6, 6.07) is 24.0. The van der Waals surface area contributed by atoms with Gasteiger partial charge in [0.2, 0.25) is 5.88 Å². The number of ether oxygens (including phenoxy) is 1. The summed E-state index contributed by atoms with van der Waals surface area (Å²) in [4.78, 5) is 6.42. The van der Waals surface area contributed by atoms with Gasteiger partial charge < -0.3 is 9.64 Å². The van der Waals surface area contributed by atoms with Crippen molar-refractivity contribution >= 4 is 11.4 Å². The summed E-state index contributed by atoms with van der Waals surface area (Å²) >= 11 is 0. The summed E-state index contributed by atoms with van der Waals surface area (Å²) in [6.45, 7) is 3.05. The van der Waals surface area contributed by atoms with E-state index in [1.807, 2.05) is 36.4 Å². The Labute approximate surface area is 130 Å². The van der Waals surface area contributed by atoms with E-state index in [1.54, 1.807) is 6.20 Å². The van der Waals surface area contributed by atoms with Gasteiger partial charge in [-0.2, -0.15) is 0 Å². The monoisotopic (exact) mass is 290 g/mol. The molecule has 1 heterocycles. The van der Waals surface area contributed by atoms with Gasteiger partial charge in [0.1, 0.15) is 5.75 Å². The van der Waals surface area contributed by atoms with Crippen LogP contribution in [0.3, 0.4) is 0 Å². The Morgan fingerprint density at radius 3 is 2.14 bits per heavy atom. The van der Waals surface area contributed by atoms with Crippen LogP contribution in [0.25, 0.3) is 0 Å². The van der Waals surface area contributed by atoms with E-state index in [0.29, 0.717) is 5.88 Å². The van der Waals surface area contributed by atoms with E-state index in [0.717, 1.165) is 18.0 Å². The highest BCUT2D eigenvalue weighted by Gasteiger charge is 2.07. The molecule has 3 aromatic rings. The van der Waals surface area contributed by atoms with Gasteiger partial charge in [0.05, 0.1) is 0 Å². The van der Waals surface area contributed by atoms with Gasteiger partial charge >= 0.3 is 0 Å². The lowest BCUT2D eigenvalue weighted by molar-refractivity contribution is 0.463. The molecular weight excluding hydrogens is 272 g/mol. The molecule has 2 aromatic carbocycles. The summed E-state index contributed by atoms with van der Waals surface area (Å²) in [7, 11) is 0. The molecule has 0 atom stereocenters. The summed E-state index contributed by atoms with van der Waals surface area (Å²) in [5.74, 6) is 1.39. The maximum atomic E-state index is 5.72. The number of benzene rings is 2. The molecule has 0 aliphatic heterocycles. The highest BCUT2D eigenvalue weighted by molar-refractivity contribution is 5.63. The van der Waals surface area contributed by atoms with Crippen LogP contribution >= 0.6 is 0 Å². The largest absolute Gasteiger partial charge is 0.439 e. The van der Waals surface area contributed by atoms with Crippen LogP contribution in [-0.2, 0) is 0 Å². The molecule has 0 aliphatic rings. The van der Waals surface area contributed by atoms with Crippen molar-refractivity contribution in [1.82, 2.24) is 4.98 Å². The number of aromatic nitrogens is 1. The van der Waals surface area contributed by atoms with Gasteiger partial charge in [0.25, 0.3) is 0 Å². The predicted molar refractivity (Wildman–Crippen MR) is 89.9 cm³/mol. The van der Waals surface area contributed by atoms with Gasteiger partial charge in [-0.3, -0.25) is 0 Å².